The van der Waals surface area contributed by atoms with Crippen LogP contribution in [-0.4, -0.2) is 19.2 Å². The van der Waals surface area contributed by atoms with Gasteiger partial charge < -0.3 is 15.4 Å². The van der Waals surface area contributed by atoms with Crippen molar-refractivity contribution in [3.63, 3.8) is 0 Å². The summed E-state index contributed by atoms with van der Waals surface area (Å²) >= 11 is 0. The van der Waals surface area contributed by atoms with Gasteiger partial charge in [-0.15, -0.1) is 0 Å². The van der Waals surface area contributed by atoms with Gasteiger partial charge in [0.25, 0.3) is 0 Å². The van der Waals surface area contributed by atoms with E-state index in [1.165, 1.54) is 5.56 Å². The van der Waals surface area contributed by atoms with Crippen LogP contribution in [0.25, 0.3) is 0 Å². The molecule has 2 aromatic carbocycles. The van der Waals surface area contributed by atoms with Gasteiger partial charge in [0.15, 0.2) is 0 Å². The van der Waals surface area contributed by atoms with Gasteiger partial charge in [0.2, 0.25) is 0 Å². The van der Waals surface area contributed by atoms with Gasteiger partial charge in [-0.05, 0) is 37.1 Å². The second-order valence-electron chi connectivity index (χ2n) is 5.05. The highest BCUT2D eigenvalue weighted by molar-refractivity contribution is 5.90. The molecular weight excluding hydrogens is 276 g/mol. The van der Waals surface area contributed by atoms with Gasteiger partial charge in [0.1, 0.15) is 12.4 Å². The Bertz CT molecular complexity index is 609. The Labute approximate surface area is 131 Å². The lowest BCUT2D eigenvalue weighted by Crippen LogP contribution is -2.32. The fraction of sp³-hybridized carbons (Fsp3) is 0.278. The fourth-order valence-electron chi connectivity index (χ4n) is 2.08. The summed E-state index contributed by atoms with van der Waals surface area (Å²) in [5.41, 5.74) is 3.16. The van der Waals surface area contributed by atoms with Crippen molar-refractivity contribution in [2.24, 2.45) is 0 Å². The van der Waals surface area contributed by atoms with Crippen molar-refractivity contribution in [2.45, 2.75) is 20.3 Å². The van der Waals surface area contributed by atoms with E-state index in [1.807, 2.05) is 55.5 Å². The van der Waals surface area contributed by atoms with Crippen LogP contribution in [0.3, 0.4) is 0 Å². The van der Waals surface area contributed by atoms with Crippen LogP contribution in [0, 0.1) is 6.92 Å². The van der Waals surface area contributed by atoms with E-state index in [9.17, 15) is 4.79 Å². The van der Waals surface area contributed by atoms with E-state index in [0.717, 1.165) is 23.4 Å². The molecule has 0 unspecified atom stereocenters. The third kappa shape index (κ3) is 4.81. The number of carbonyl (C=O) groups excluding carboxylic acids is 1. The van der Waals surface area contributed by atoms with E-state index in [4.69, 9.17) is 4.74 Å². The van der Waals surface area contributed by atoms with Crippen LogP contribution >= 0.6 is 0 Å². The first-order chi connectivity index (χ1) is 10.7. The molecule has 0 radical (unpaired) electrons. The highest BCUT2D eigenvalue weighted by atomic mass is 16.5. The zero-order valence-corrected chi connectivity index (χ0v) is 13.1. The number of para-hydroxylation sites is 1. The van der Waals surface area contributed by atoms with Crippen LogP contribution in [0.5, 0.6) is 5.75 Å². The maximum Gasteiger partial charge on any atom is 0.319 e. The first kappa shape index (κ1) is 15.9. The molecule has 116 valence electrons. The molecule has 0 saturated heterocycles. The lowest BCUT2D eigenvalue weighted by Gasteiger charge is -2.11. The number of rotatable bonds is 6. The Morgan fingerprint density at radius 1 is 1.09 bits per heavy atom. The van der Waals surface area contributed by atoms with E-state index >= 15 is 0 Å². The van der Waals surface area contributed by atoms with Crippen molar-refractivity contribution in [2.75, 3.05) is 18.5 Å². The van der Waals surface area contributed by atoms with Crippen LogP contribution in [0.4, 0.5) is 10.5 Å². The first-order valence-corrected chi connectivity index (χ1v) is 7.51. The average molecular weight is 298 g/mol. The normalized spacial score (nSPS) is 10.1. The quantitative estimate of drug-likeness (QED) is 0.798. The molecule has 0 aliphatic rings. The number of aryl methyl sites for hydroxylation is 2. The monoisotopic (exact) mass is 298 g/mol. The maximum atomic E-state index is 11.9. The molecule has 4 nitrogen and oxygen atoms in total. The molecule has 2 rings (SSSR count). The summed E-state index contributed by atoms with van der Waals surface area (Å²) in [6.07, 6.45) is 0.882. The second-order valence-corrected chi connectivity index (χ2v) is 5.05. The van der Waals surface area contributed by atoms with Crippen LogP contribution in [-0.2, 0) is 6.42 Å². The van der Waals surface area contributed by atoms with Crippen molar-refractivity contribution in [1.82, 2.24) is 5.32 Å². The summed E-state index contributed by atoms with van der Waals surface area (Å²) in [5, 5.41) is 5.65. The zero-order valence-electron chi connectivity index (χ0n) is 13.1. The number of amides is 2. The molecule has 2 aromatic rings. The van der Waals surface area contributed by atoms with Crippen LogP contribution in [0.15, 0.2) is 48.5 Å². The summed E-state index contributed by atoms with van der Waals surface area (Å²) in [7, 11) is 0. The minimum atomic E-state index is -0.214. The number of urea groups is 1. The molecule has 0 spiro atoms. The maximum absolute atomic E-state index is 11.9. The molecule has 0 aliphatic carbocycles. The minimum absolute atomic E-state index is 0.214. The summed E-state index contributed by atoms with van der Waals surface area (Å²) < 4.78 is 5.56. The number of hydrogen-bond acceptors (Lipinski definition) is 2. The number of anilines is 1. The molecule has 0 atom stereocenters. The van der Waals surface area contributed by atoms with Crippen molar-refractivity contribution < 1.29 is 9.53 Å². The van der Waals surface area contributed by atoms with Gasteiger partial charge in [-0.3, -0.25) is 0 Å². The number of hydrogen-bond donors (Lipinski definition) is 2. The van der Waals surface area contributed by atoms with Crippen LogP contribution < -0.4 is 15.4 Å². The molecule has 0 bridgehead atoms. The van der Waals surface area contributed by atoms with E-state index in [2.05, 4.69) is 17.6 Å². The summed E-state index contributed by atoms with van der Waals surface area (Å²) in [6.45, 7) is 4.98. The number of ether oxygens (including phenoxy) is 1. The first-order valence-electron chi connectivity index (χ1n) is 7.51. The second kappa shape index (κ2) is 8.08. The van der Waals surface area contributed by atoms with E-state index in [1.54, 1.807) is 0 Å². The predicted molar refractivity (Wildman–Crippen MR) is 89.5 cm³/mol. The Morgan fingerprint density at radius 3 is 2.55 bits per heavy atom. The number of benzene rings is 2. The Kier molecular flexibility index (Phi) is 5.83. The van der Waals surface area contributed by atoms with E-state index in [0.29, 0.717) is 13.2 Å². The average Bonchev–Trinajstić information content (AvgIpc) is 2.54. The third-order valence-electron chi connectivity index (χ3n) is 3.32. The third-order valence-corrected chi connectivity index (χ3v) is 3.32. The lowest BCUT2D eigenvalue weighted by molar-refractivity contribution is 0.247. The van der Waals surface area contributed by atoms with Crippen molar-refractivity contribution in [3.8, 4) is 5.75 Å². The molecule has 4 heteroatoms. The smallest absolute Gasteiger partial charge is 0.319 e. The van der Waals surface area contributed by atoms with Gasteiger partial charge in [0, 0.05) is 5.69 Å². The van der Waals surface area contributed by atoms with Crippen molar-refractivity contribution in [3.05, 3.63) is 59.7 Å². The standard InChI is InChI=1S/C18H22N2O2/c1-3-15-6-4-5-7-17(15)20-18(21)19-12-13-22-16-10-8-14(2)9-11-16/h4-11H,3,12-13H2,1-2H3,(H2,19,20,21). The molecule has 0 saturated carbocycles. The molecule has 2 amide bonds. The number of nitrogens with one attached hydrogen (secondary N) is 2. The highest BCUT2D eigenvalue weighted by Crippen LogP contribution is 2.15. The van der Waals surface area contributed by atoms with Gasteiger partial charge in [-0.1, -0.05) is 42.8 Å². The van der Waals surface area contributed by atoms with Gasteiger partial charge in [0.05, 0.1) is 6.54 Å². The van der Waals surface area contributed by atoms with Gasteiger partial charge >= 0.3 is 6.03 Å². The summed E-state index contributed by atoms with van der Waals surface area (Å²) in [4.78, 5) is 11.9. The largest absolute Gasteiger partial charge is 0.492 e. The highest BCUT2D eigenvalue weighted by Gasteiger charge is 2.04. The number of carbonyl (C=O) groups is 1. The van der Waals surface area contributed by atoms with Crippen molar-refractivity contribution in [1.29, 1.82) is 0 Å². The van der Waals surface area contributed by atoms with E-state index < -0.39 is 0 Å². The molecule has 0 aromatic heterocycles. The Hall–Kier alpha value is -2.49. The predicted octanol–water partition coefficient (Wildman–Crippen LogP) is 3.76. The molecule has 0 fully saturated rings. The van der Waals surface area contributed by atoms with Crippen molar-refractivity contribution >= 4 is 11.7 Å². The minimum Gasteiger partial charge on any atom is -0.492 e. The van der Waals surface area contributed by atoms with Crippen LogP contribution in [0.2, 0.25) is 0 Å². The summed E-state index contributed by atoms with van der Waals surface area (Å²) in [5.74, 6) is 0.809. The SMILES string of the molecule is CCc1ccccc1NC(=O)NCCOc1ccc(C)cc1. The Balaban J connectivity index is 1.72. The topological polar surface area (TPSA) is 50.4 Å². The lowest BCUT2D eigenvalue weighted by atomic mass is 10.1. The molecule has 0 heterocycles. The fourth-order valence-corrected chi connectivity index (χ4v) is 2.08. The molecule has 22 heavy (non-hydrogen) atoms. The molecule has 0 aliphatic heterocycles. The molecule has 2 N–H and O–H groups in total. The van der Waals surface area contributed by atoms with Gasteiger partial charge in [-0.2, -0.15) is 0 Å². The van der Waals surface area contributed by atoms with Gasteiger partial charge in [-0.25, -0.2) is 4.79 Å². The molecular formula is C18H22N2O2. The Morgan fingerprint density at radius 2 is 1.82 bits per heavy atom. The zero-order chi connectivity index (χ0) is 15.8. The van der Waals surface area contributed by atoms with E-state index in [-0.39, 0.29) is 6.03 Å². The van der Waals surface area contributed by atoms with Crippen LogP contribution in [0.1, 0.15) is 18.1 Å². The summed E-state index contributed by atoms with van der Waals surface area (Å²) in [6, 6.07) is 15.4.